The van der Waals surface area contributed by atoms with E-state index in [0.717, 1.165) is 0 Å². The van der Waals surface area contributed by atoms with Crippen LogP contribution in [0.5, 0.6) is 17.2 Å². The zero-order chi connectivity index (χ0) is 20.1. The summed E-state index contributed by atoms with van der Waals surface area (Å²) < 4.78 is 27.0. The SMILES string of the molecule is CCOC(=O)C(=Cc1cc(OC)c(OC)c(OC)c1)c1nc2ccccc2o1. The Labute approximate surface area is 162 Å². The Kier molecular flexibility index (Phi) is 5.84. The molecule has 0 aliphatic heterocycles. The first-order valence-electron chi connectivity index (χ1n) is 8.66. The van der Waals surface area contributed by atoms with Gasteiger partial charge in [-0.3, -0.25) is 0 Å². The van der Waals surface area contributed by atoms with Crippen molar-refractivity contribution in [1.29, 1.82) is 0 Å². The molecule has 0 saturated carbocycles. The number of oxazole rings is 1. The summed E-state index contributed by atoms with van der Waals surface area (Å²) >= 11 is 0. The smallest absolute Gasteiger partial charge is 0.343 e. The third-order valence-corrected chi connectivity index (χ3v) is 4.02. The van der Waals surface area contributed by atoms with Crippen molar-refractivity contribution in [3.63, 3.8) is 0 Å². The third kappa shape index (κ3) is 3.78. The van der Waals surface area contributed by atoms with E-state index in [2.05, 4.69) is 4.98 Å². The summed E-state index contributed by atoms with van der Waals surface area (Å²) in [5, 5.41) is 0. The van der Waals surface area contributed by atoms with E-state index >= 15 is 0 Å². The van der Waals surface area contributed by atoms with Crippen LogP contribution >= 0.6 is 0 Å². The minimum Gasteiger partial charge on any atom is -0.493 e. The van der Waals surface area contributed by atoms with Crippen molar-refractivity contribution < 1.29 is 28.2 Å². The number of carbonyl (C=O) groups is 1. The Hall–Kier alpha value is -3.48. The molecule has 3 aromatic rings. The number of hydrogen-bond acceptors (Lipinski definition) is 7. The molecule has 0 spiro atoms. The lowest BCUT2D eigenvalue weighted by atomic mass is 10.1. The first kappa shape index (κ1) is 19.3. The predicted molar refractivity (Wildman–Crippen MR) is 105 cm³/mol. The van der Waals surface area contributed by atoms with Gasteiger partial charge in [-0.1, -0.05) is 12.1 Å². The summed E-state index contributed by atoms with van der Waals surface area (Å²) in [6.45, 7) is 1.96. The molecule has 0 atom stereocenters. The number of aromatic nitrogens is 1. The average molecular weight is 383 g/mol. The van der Waals surface area contributed by atoms with Gasteiger partial charge in [0.2, 0.25) is 11.6 Å². The van der Waals surface area contributed by atoms with Crippen LogP contribution in [0.25, 0.3) is 22.7 Å². The van der Waals surface area contributed by atoms with Crippen molar-refractivity contribution in [2.45, 2.75) is 6.92 Å². The molecule has 28 heavy (non-hydrogen) atoms. The lowest BCUT2D eigenvalue weighted by Crippen LogP contribution is -2.07. The first-order valence-corrected chi connectivity index (χ1v) is 8.66. The molecule has 1 aromatic heterocycles. The zero-order valence-corrected chi connectivity index (χ0v) is 16.1. The van der Waals surface area contributed by atoms with Gasteiger partial charge in [0.15, 0.2) is 17.1 Å². The number of hydrogen-bond donors (Lipinski definition) is 0. The quantitative estimate of drug-likeness (QED) is 0.451. The maximum atomic E-state index is 12.6. The first-order chi connectivity index (χ1) is 13.6. The van der Waals surface area contributed by atoms with Gasteiger partial charge in [0.25, 0.3) is 0 Å². The number of carbonyl (C=O) groups excluding carboxylic acids is 1. The molecule has 7 heteroatoms. The number of benzene rings is 2. The molecule has 146 valence electrons. The highest BCUT2D eigenvalue weighted by Gasteiger charge is 2.21. The van der Waals surface area contributed by atoms with Gasteiger partial charge in [-0.05, 0) is 42.8 Å². The highest BCUT2D eigenvalue weighted by Crippen LogP contribution is 2.39. The minimum atomic E-state index is -0.539. The second-order valence-corrected chi connectivity index (χ2v) is 5.72. The number of fused-ring (bicyclic) bond motifs is 1. The summed E-state index contributed by atoms with van der Waals surface area (Å²) in [7, 11) is 4.58. The van der Waals surface area contributed by atoms with Crippen molar-refractivity contribution in [2.24, 2.45) is 0 Å². The lowest BCUT2D eigenvalue weighted by Gasteiger charge is -2.13. The van der Waals surface area contributed by atoms with Crippen LogP contribution in [0.2, 0.25) is 0 Å². The fourth-order valence-corrected chi connectivity index (χ4v) is 2.76. The highest BCUT2D eigenvalue weighted by atomic mass is 16.5. The van der Waals surface area contributed by atoms with Crippen LogP contribution in [-0.4, -0.2) is 38.9 Å². The van der Waals surface area contributed by atoms with Crippen LogP contribution in [-0.2, 0) is 9.53 Å². The van der Waals surface area contributed by atoms with E-state index in [-0.39, 0.29) is 18.1 Å². The maximum absolute atomic E-state index is 12.6. The van der Waals surface area contributed by atoms with E-state index in [4.69, 9.17) is 23.4 Å². The molecule has 0 aliphatic carbocycles. The van der Waals surface area contributed by atoms with Gasteiger partial charge in [-0.15, -0.1) is 0 Å². The molecule has 0 amide bonds. The van der Waals surface area contributed by atoms with Crippen LogP contribution in [0.1, 0.15) is 18.4 Å². The Morgan fingerprint density at radius 2 is 1.75 bits per heavy atom. The van der Waals surface area contributed by atoms with Crippen LogP contribution in [0.15, 0.2) is 40.8 Å². The molecule has 0 bridgehead atoms. The van der Waals surface area contributed by atoms with Crippen molar-refractivity contribution >= 4 is 28.7 Å². The van der Waals surface area contributed by atoms with Crippen molar-refractivity contribution in [3.8, 4) is 17.2 Å². The second-order valence-electron chi connectivity index (χ2n) is 5.72. The van der Waals surface area contributed by atoms with E-state index in [9.17, 15) is 4.79 Å². The highest BCUT2D eigenvalue weighted by molar-refractivity contribution is 6.20. The van der Waals surface area contributed by atoms with Crippen molar-refractivity contribution in [3.05, 3.63) is 47.9 Å². The standard InChI is InChI=1S/C21H21NO6/c1-5-27-21(23)14(20-22-15-8-6-7-9-16(15)28-20)10-13-11-17(24-2)19(26-4)18(12-13)25-3/h6-12H,5H2,1-4H3. The number of esters is 1. The van der Waals surface area contributed by atoms with E-state index in [0.29, 0.717) is 33.9 Å². The third-order valence-electron chi connectivity index (χ3n) is 4.02. The number of methoxy groups -OCH3 is 3. The van der Waals surface area contributed by atoms with Gasteiger partial charge in [0, 0.05) is 0 Å². The predicted octanol–water partition coefficient (Wildman–Crippen LogP) is 3.96. The summed E-state index contributed by atoms with van der Waals surface area (Å²) in [6.07, 6.45) is 1.62. The Bertz CT molecular complexity index is 963. The fourth-order valence-electron chi connectivity index (χ4n) is 2.76. The van der Waals surface area contributed by atoms with Crippen LogP contribution in [0, 0.1) is 0 Å². The van der Waals surface area contributed by atoms with Crippen LogP contribution in [0.4, 0.5) is 0 Å². The minimum absolute atomic E-state index is 0.174. The molecule has 7 nitrogen and oxygen atoms in total. The van der Waals surface area contributed by atoms with Crippen molar-refractivity contribution in [1.82, 2.24) is 4.98 Å². The molecule has 2 aromatic carbocycles. The molecule has 0 fully saturated rings. The molecular formula is C21H21NO6. The molecule has 0 radical (unpaired) electrons. The van der Waals surface area contributed by atoms with E-state index in [1.54, 1.807) is 31.2 Å². The summed E-state index contributed by atoms with van der Waals surface area (Å²) in [4.78, 5) is 17.0. The Morgan fingerprint density at radius 1 is 1.07 bits per heavy atom. The molecule has 0 saturated heterocycles. The fraction of sp³-hybridized carbons (Fsp3) is 0.238. The zero-order valence-electron chi connectivity index (χ0n) is 16.1. The summed E-state index contributed by atoms with van der Waals surface area (Å²) in [6, 6.07) is 10.7. The van der Waals surface area contributed by atoms with Crippen molar-refractivity contribution in [2.75, 3.05) is 27.9 Å². The summed E-state index contributed by atoms with van der Waals surface area (Å²) in [5.74, 6) is 1.03. The van der Waals surface area contributed by atoms with Gasteiger partial charge in [0.05, 0.1) is 27.9 Å². The maximum Gasteiger partial charge on any atom is 0.343 e. The molecular weight excluding hydrogens is 362 g/mol. The van der Waals surface area contributed by atoms with Gasteiger partial charge >= 0.3 is 5.97 Å². The monoisotopic (exact) mass is 383 g/mol. The second kappa shape index (κ2) is 8.47. The van der Waals surface area contributed by atoms with E-state index in [1.165, 1.54) is 21.3 Å². The van der Waals surface area contributed by atoms with Gasteiger partial charge < -0.3 is 23.4 Å². The van der Waals surface area contributed by atoms with Gasteiger partial charge in [-0.25, -0.2) is 9.78 Å². The van der Waals surface area contributed by atoms with Gasteiger partial charge in [0.1, 0.15) is 11.1 Å². The van der Waals surface area contributed by atoms with Gasteiger partial charge in [-0.2, -0.15) is 0 Å². The number of rotatable bonds is 7. The molecule has 3 rings (SSSR count). The Balaban J connectivity index is 2.15. The molecule has 0 aliphatic rings. The van der Waals surface area contributed by atoms with E-state index < -0.39 is 5.97 Å². The average Bonchev–Trinajstić information content (AvgIpc) is 3.15. The van der Waals surface area contributed by atoms with Crippen LogP contribution < -0.4 is 14.2 Å². The van der Waals surface area contributed by atoms with E-state index in [1.807, 2.05) is 18.2 Å². The number of para-hydroxylation sites is 2. The number of nitrogens with zero attached hydrogens (tertiary/aromatic N) is 1. The molecule has 0 N–H and O–H groups in total. The Morgan fingerprint density at radius 3 is 2.32 bits per heavy atom. The largest absolute Gasteiger partial charge is 0.493 e. The molecule has 1 heterocycles. The number of ether oxygens (including phenoxy) is 4. The lowest BCUT2D eigenvalue weighted by molar-refractivity contribution is -0.136. The normalized spacial score (nSPS) is 11.4. The molecule has 0 unspecified atom stereocenters. The summed E-state index contributed by atoms with van der Waals surface area (Å²) in [5.41, 5.74) is 2.06. The van der Waals surface area contributed by atoms with Crippen LogP contribution in [0.3, 0.4) is 0 Å². The topological polar surface area (TPSA) is 80.0 Å².